The van der Waals surface area contributed by atoms with Crippen LogP contribution in [-0.2, 0) is 12.4 Å². The van der Waals surface area contributed by atoms with Crippen LogP contribution in [0.15, 0.2) is 54.9 Å². The Morgan fingerprint density at radius 1 is 0.844 bits per heavy atom. The minimum atomic E-state index is -4.64. The normalized spacial score (nSPS) is 12.2. The summed E-state index contributed by atoms with van der Waals surface area (Å²) < 4.78 is 78.1. The molecule has 0 saturated carbocycles. The lowest BCUT2D eigenvalue weighted by molar-refractivity contribution is -0.138. The molecule has 0 spiro atoms. The first-order valence-corrected chi connectivity index (χ1v) is 9.20. The van der Waals surface area contributed by atoms with Crippen LogP contribution in [0.2, 0.25) is 5.15 Å². The smallest absolute Gasteiger partial charge is 0.340 e. The molecule has 0 aliphatic rings. The summed E-state index contributed by atoms with van der Waals surface area (Å²) >= 11 is 6.02. The predicted octanol–water partition coefficient (Wildman–Crippen LogP) is 6.52. The lowest BCUT2D eigenvalue weighted by Gasteiger charge is -2.13. The van der Waals surface area contributed by atoms with Gasteiger partial charge >= 0.3 is 12.4 Å². The van der Waals surface area contributed by atoms with Crippen LogP contribution in [0, 0.1) is 0 Å². The molecule has 5 nitrogen and oxygen atoms in total. The summed E-state index contributed by atoms with van der Waals surface area (Å²) in [7, 11) is 0. The summed E-state index contributed by atoms with van der Waals surface area (Å²) in [6, 6.07) is 8.24. The largest absolute Gasteiger partial charge is 0.418 e. The highest BCUT2D eigenvalue weighted by Crippen LogP contribution is 2.36. The minimum Gasteiger partial charge on any atom is -0.340 e. The highest BCUT2D eigenvalue weighted by molar-refractivity contribution is 6.30. The van der Waals surface area contributed by atoms with Crippen LogP contribution in [0.5, 0.6) is 0 Å². The number of nitrogens with zero attached hydrogens (tertiary/aromatic N) is 4. The molecule has 0 bridgehead atoms. The fourth-order valence-corrected chi connectivity index (χ4v) is 3.11. The number of halogens is 7. The first-order chi connectivity index (χ1) is 15.0. The zero-order valence-electron chi connectivity index (χ0n) is 15.6. The zero-order chi connectivity index (χ0) is 23.1. The van der Waals surface area contributed by atoms with Crippen LogP contribution in [-0.4, -0.2) is 19.9 Å². The summed E-state index contributed by atoms with van der Waals surface area (Å²) in [5, 5.41) is 3.15. The highest BCUT2D eigenvalue weighted by Gasteiger charge is 2.34. The van der Waals surface area contributed by atoms with Gasteiger partial charge in [0.05, 0.1) is 22.5 Å². The third-order valence-corrected chi connectivity index (χ3v) is 4.54. The van der Waals surface area contributed by atoms with Crippen molar-refractivity contribution < 1.29 is 26.3 Å². The van der Waals surface area contributed by atoms with Crippen LogP contribution in [0.25, 0.3) is 22.4 Å². The van der Waals surface area contributed by atoms with E-state index in [0.717, 1.165) is 18.2 Å². The zero-order valence-corrected chi connectivity index (χ0v) is 16.4. The molecule has 0 unspecified atom stereocenters. The van der Waals surface area contributed by atoms with Gasteiger partial charge in [-0.3, -0.25) is 4.98 Å². The van der Waals surface area contributed by atoms with Gasteiger partial charge in [-0.05, 0) is 42.5 Å². The van der Waals surface area contributed by atoms with Gasteiger partial charge in [0.1, 0.15) is 16.7 Å². The number of hydrogen-bond donors (Lipinski definition) is 1. The number of fused-ring (bicyclic) bond motifs is 1. The van der Waals surface area contributed by atoms with E-state index in [2.05, 4.69) is 25.3 Å². The number of anilines is 2. The summed E-state index contributed by atoms with van der Waals surface area (Å²) in [5.74, 6) is 0.0923. The standard InChI is InChI=1S/C20H10ClF6N5/c21-15-8-14(30-16-6-3-10(9-29-16)19(22,23)24)11-4-5-13(31-18(11)32-15)17-12(20(25,26)27)2-1-7-28-17/h1-9H,(H,29,30,31,32). The van der Waals surface area contributed by atoms with Crippen molar-refractivity contribution in [2.45, 2.75) is 12.4 Å². The molecule has 4 heterocycles. The van der Waals surface area contributed by atoms with Crippen LogP contribution in [0.1, 0.15) is 11.1 Å². The lowest BCUT2D eigenvalue weighted by Crippen LogP contribution is -2.09. The highest BCUT2D eigenvalue weighted by atomic mass is 35.5. The van der Waals surface area contributed by atoms with Gasteiger partial charge < -0.3 is 5.32 Å². The number of pyridine rings is 4. The van der Waals surface area contributed by atoms with E-state index in [1.54, 1.807) is 0 Å². The Morgan fingerprint density at radius 3 is 2.28 bits per heavy atom. The molecule has 4 aromatic heterocycles. The molecule has 32 heavy (non-hydrogen) atoms. The van der Waals surface area contributed by atoms with Crippen molar-refractivity contribution in [1.82, 2.24) is 19.9 Å². The summed E-state index contributed by atoms with van der Waals surface area (Å²) in [4.78, 5) is 15.7. The summed E-state index contributed by atoms with van der Waals surface area (Å²) in [6.07, 6.45) is -7.28. The maximum Gasteiger partial charge on any atom is 0.418 e. The van der Waals surface area contributed by atoms with Gasteiger partial charge in [0.25, 0.3) is 0 Å². The van der Waals surface area contributed by atoms with E-state index >= 15 is 0 Å². The van der Waals surface area contributed by atoms with Crippen molar-refractivity contribution in [3.8, 4) is 11.4 Å². The van der Waals surface area contributed by atoms with Crippen molar-refractivity contribution in [3.05, 3.63) is 71.1 Å². The third kappa shape index (κ3) is 4.42. The second kappa shape index (κ2) is 7.90. The van der Waals surface area contributed by atoms with Crippen molar-refractivity contribution in [2.24, 2.45) is 0 Å². The predicted molar refractivity (Wildman–Crippen MR) is 105 cm³/mol. The first kappa shape index (κ1) is 21.8. The Balaban J connectivity index is 1.75. The van der Waals surface area contributed by atoms with E-state index in [4.69, 9.17) is 11.6 Å². The Kier molecular flexibility index (Phi) is 5.37. The van der Waals surface area contributed by atoms with Gasteiger partial charge in [0.15, 0.2) is 5.65 Å². The molecule has 0 aliphatic heterocycles. The molecular weight excluding hydrogens is 460 g/mol. The molecular formula is C20H10ClF6N5. The number of nitrogens with one attached hydrogen (secondary N) is 1. The minimum absolute atomic E-state index is 0.0168. The molecule has 0 saturated heterocycles. The topological polar surface area (TPSA) is 63.6 Å². The van der Waals surface area contributed by atoms with E-state index in [9.17, 15) is 26.3 Å². The van der Waals surface area contributed by atoms with Gasteiger partial charge in [-0.25, -0.2) is 15.0 Å². The maximum atomic E-state index is 13.3. The van der Waals surface area contributed by atoms with Crippen LogP contribution in [0.4, 0.5) is 37.8 Å². The third-order valence-electron chi connectivity index (χ3n) is 4.35. The Bertz CT molecular complexity index is 1290. The number of hydrogen-bond acceptors (Lipinski definition) is 5. The number of aromatic nitrogens is 4. The number of rotatable bonds is 3. The molecule has 0 amide bonds. The Labute approximate surface area is 181 Å². The van der Waals surface area contributed by atoms with Crippen molar-refractivity contribution in [2.75, 3.05) is 5.32 Å². The average Bonchev–Trinajstić information content (AvgIpc) is 2.72. The van der Waals surface area contributed by atoms with Gasteiger partial charge in [0.2, 0.25) is 0 Å². The molecule has 4 aromatic rings. The first-order valence-electron chi connectivity index (χ1n) is 8.82. The van der Waals surface area contributed by atoms with E-state index in [-0.39, 0.29) is 28.0 Å². The molecule has 4 rings (SSSR count). The fourth-order valence-electron chi connectivity index (χ4n) is 2.92. The second-order valence-corrected chi connectivity index (χ2v) is 6.90. The number of alkyl halides is 6. The van der Waals surface area contributed by atoms with Crippen LogP contribution < -0.4 is 5.32 Å². The van der Waals surface area contributed by atoms with Gasteiger partial charge in [-0.15, -0.1) is 0 Å². The van der Waals surface area contributed by atoms with E-state index in [1.165, 1.54) is 30.5 Å². The molecule has 1 N–H and O–H groups in total. The van der Waals surface area contributed by atoms with Crippen molar-refractivity contribution in [3.63, 3.8) is 0 Å². The SMILES string of the molecule is FC(F)(F)c1ccc(Nc2cc(Cl)nc3nc(-c4ncccc4C(F)(F)F)ccc23)nc1. The maximum absolute atomic E-state index is 13.3. The summed E-state index contributed by atoms with van der Waals surface area (Å²) in [5.41, 5.74) is -1.99. The molecule has 164 valence electrons. The monoisotopic (exact) mass is 469 g/mol. The molecule has 12 heteroatoms. The Hall–Kier alpha value is -3.47. The van der Waals surface area contributed by atoms with Gasteiger partial charge in [0, 0.05) is 17.8 Å². The summed E-state index contributed by atoms with van der Waals surface area (Å²) in [6.45, 7) is 0. The molecule has 0 aliphatic carbocycles. The molecule has 0 radical (unpaired) electrons. The van der Waals surface area contributed by atoms with Gasteiger partial charge in [-0.2, -0.15) is 26.3 Å². The van der Waals surface area contributed by atoms with Crippen molar-refractivity contribution in [1.29, 1.82) is 0 Å². The van der Waals surface area contributed by atoms with E-state index in [1.807, 2.05) is 0 Å². The quantitative estimate of drug-likeness (QED) is 0.273. The second-order valence-electron chi connectivity index (χ2n) is 6.51. The molecule has 0 atom stereocenters. The molecule has 0 fully saturated rings. The fraction of sp³-hybridized carbons (Fsp3) is 0.100. The van der Waals surface area contributed by atoms with Gasteiger partial charge in [-0.1, -0.05) is 11.6 Å². The van der Waals surface area contributed by atoms with Crippen LogP contribution >= 0.6 is 11.6 Å². The van der Waals surface area contributed by atoms with Crippen molar-refractivity contribution >= 4 is 34.1 Å². The Morgan fingerprint density at radius 2 is 1.62 bits per heavy atom. The lowest BCUT2D eigenvalue weighted by atomic mass is 10.1. The van der Waals surface area contributed by atoms with E-state index < -0.39 is 23.5 Å². The van der Waals surface area contributed by atoms with Crippen LogP contribution in [0.3, 0.4) is 0 Å². The van der Waals surface area contributed by atoms with E-state index in [0.29, 0.717) is 17.3 Å². The molecule has 0 aromatic carbocycles. The average molecular weight is 470 g/mol.